The summed E-state index contributed by atoms with van der Waals surface area (Å²) in [4.78, 5) is 17.8. The van der Waals surface area contributed by atoms with Crippen LogP contribution in [0.3, 0.4) is 0 Å². The zero-order valence-electron chi connectivity index (χ0n) is 11.0. The molecular formula is C12H7BF4N3OS-. The lowest BCUT2D eigenvalue weighted by atomic mass is 9.75. The second kappa shape index (κ2) is 5.85. The average molecular weight is 328 g/mol. The van der Waals surface area contributed by atoms with E-state index in [0.717, 1.165) is 23.9 Å². The molecule has 1 aromatic carbocycles. The molecule has 0 aliphatic carbocycles. The van der Waals surface area contributed by atoms with E-state index in [4.69, 9.17) is 5.26 Å². The van der Waals surface area contributed by atoms with Crippen LogP contribution >= 0.6 is 11.8 Å². The fourth-order valence-electron chi connectivity index (χ4n) is 1.90. The first kappa shape index (κ1) is 16.1. The van der Waals surface area contributed by atoms with Gasteiger partial charge in [-0.2, -0.15) is 5.26 Å². The Morgan fingerprint density at radius 2 is 2.05 bits per heavy atom. The molecular weight excluding hydrogens is 321 g/mol. The van der Waals surface area contributed by atoms with E-state index < -0.39 is 40.6 Å². The van der Waals surface area contributed by atoms with Gasteiger partial charge in [-0.3, -0.25) is 4.79 Å². The molecule has 0 aliphatic heterocycles. The summed E-state index contributed by atoms with van der Waals surface area (Å²) in [5, 5.41) is 8.98. The minimum absolute atomic E-state index is 0.0112. The van der Waals surface area contributed by atoms with Crippen LogP contribution in [0.2, 0.25) is 0 Å². The Morgan fingerprint density at radius 1 is 1.36 bits per heavy atom. The van der Waals surface area contributed by atoms with Crippen LogP contribution in [0.25, 0.3) is 11.3 Å². The highest BCUT2D eigenvalue weighted by Crippen LogP contribution is 2.26. The smallest absolute Gasteiger partial charge is 0.445 e. The van der Waals surface area contributed by atoms with Crippen molar-refractivity contribution in [2.24, 2.45) is 0 Å². The Labute approximate surface area is 126 Å². The Morgan fingerprint density at radius 3 is 2.59 bits per heavy atom. The predicted octanol–water partition coefficient (Wildman–Crippen LogP) is 2.22. The highest BCUT2D eigenvalue weighted by molar-refractivity contribution is 7.98. The van der Waals surface area contributed by atoms with Crippen molar-refractivity contribution in [1.29, 1.82) is 5.26 Å². The number of aromatic nitrogens is 2. The molecule has 0 fully saturated rings. The summed E-state index contributed by atoms with van der Waals surface area (Å²) in [5.41, 5.74) is -4.30. The first-order valence-corrected chi connectivity index (χ1v) is 7.09. The third kappa shape index (κ3) is 2.85. The number of nitriles is 1. The van der Waals surface area contributed by atoms with E-state index in [0.29, 0.717) is 6.07 Å². The SMILES string of the molecule is CSc1nc(-c2c(F)cccc2[B-](F)(F)F)c(C#N)c(=O)[nH]1. The average Bonchev–Trinajstić information content (AvgIpc) is 2.45. The maximum atomic E-state index is 14.0. The number of hydrogen-bond acceptors (Lipinski definition) is 4. The van der Waals surface area contributed by atoms with Gasteiger partial charge >= 0.3 is 6.98 Å². The predicted molar refractivity (Wildman–Crippen MR) is 75.5 cm³/mol. The number of halogens is 4. The van der Waals surface area contributed by atoms with Gasteiger partial charge < -0.3 is 17.9 Å². The summed E-state index contributed by atoms with van der Waals surface area (Å²) in [6.07, 6.45) is 1.53. The quantitative estimate of drug-likeness (QED) is 0.406. The van der Waals surface area contributed by atoms with E-state index in [1.165, 1.54) is 12.3 Å². The molecule has 2 rings (SSSR count). The lowest BCUT2D eigenvalue weighted by molar-refractivity contribution is 0.500. The number of benzene rings is 1. The zero-order valence-corrected chi connectivity index (χ0v) is 11.8. The second-order valence-corrected chi connectivity index (χ2v) is 4.98. The van der Waals surface area contributed by atoms with Crippen molar-refractivity contribution in [3.05, 3.63) is 39.9 Å². The standard InChI is InChI=1S/C12H7BF4N3OS/c1-22-12-19-10(6(5-18)11(21)20-12)9-7(13(15,16)17)3-2-4-8(9)14/h2-4H,1H3,(H,19,20,21)/q-1. The number of rotatable bonds is 3. The second-order valence-electron chi connectivity index (χ2n) is 4.19. The van der Waals surface area contributed by atoms with Crippen LogP contribution in [0.4, 0.5) is 17.3 Å². The number of thioether (sulfide) groups is 1. The van der Waals surface area contributed by atoms with Gasteiger partial charge in [-0.1, -0.05) is 29.4 Å². The molecule has 1 aromatic heterocycles. The Kier molecular flexibility index (Phi) is 4.28. The molecule has 0 saturated carbocycles. The summed E-state index contributed by atoms with van der Waals surface area (Å²) >= 11 is 0.956. The number of nitrogens with zero attached hydrogens (tertiary/aromatic N) is 2. The molecule has 0 radical (unpaired) electrons. The largest absolute Gasteiger partial charge is 0.510 e. The zero-order chi connectivity index (χ0) is 16.5. The Balaban J connectivity index is 2.92. The van der Waals surface area contributed by atoms with Crippen LogP contribution in [0.5, 0.6) is 0 Å². The molecule has 0 bridgehead atoms. The van der Waals surface area contributed by atoms with Gasteiger partial charge in [0, 0.05) is 5.56 Å². The van der Waals surface area contributed by atoms with E-state index in [-0.39, 0.29) is 5.16 Å². The Hall–Kier alpha value is -2.28. The summed E-state index contributed by atoms with van der Waals surface area (Å²) in [5.74, 6) is -1.20. The van der Waals surface area contributed by atoms with Crippen LogP contribution in [-0.4, -0.2) is 23.2 Å². The third-order valence-corrected chi connectivity index (χ3v) is 3.42. The van der Waals surface area contributed by atoms with Gasteiger partial charge in [0.25, 0.3) is 5.56 Å². The molecule has 114 valence electrons. The van der Waals surface area contributed by atoms with Crippen molar-refractivity contribution < 1.29 is 17.3 Å². The van der Waals surface area contributed by atoms with Gasteiger partial charge in [0.1, 0.15) is 17.4 Å². The van der Waals surface area contributed by atoms with Crippen molar-refractivity contribution in [3.63, 3.8) is 0 Å². The normalized spacial score (nSPS) is 11.3. The molecule has 0 saturated heterocycles. The maximum Gasteiger partial charge on any atom is 0.510 e. The molecule has 0 aliphatic rings. The lowest BCUT2D eigenvalue weighted by Gasteiger charge is -2.20. The molecule has 22 heavy (non-hydrogen) atoms. The molecule has 0 unspecified atom stereocenters. The number of aromatic amines is 1. The third-order valence-electron chi connectivity index (χ3n) is 2.84. The van der Waals surface area contributed by atoms with Crippen molar-refractivity contribution in [1.82, 2.24) is 9.97 Å². The summed E-state index contributed by atoms with van der Waals surface area (Å²) in [6, 6.07) is 3.91. The molecule has 1 heterocycles. The van der Waals surface area contributed by atoms with E-state index in [2.05, 4.69) is 9.97 Å². The van der Waals surface area contributed by atoms with Crippen molar-refractivity contribution in [2.45, 2.75) is 5.16 Å². The first-order valence-electron chi connectivity index (χ1n) is 5.86. The summed E-state index contributed by atoms with van der Waals surface area (Å²) < 4.78 is 53.4. The topological polar surface area (TPSA) is 69.5 Å². The van der Waals surface area contributed by atoms with E-state index in [1.807, 2.05) is 0 Å². The van der Waals surface area contributed by atoms with Crippen molar-refractivity contribution in [3.8, 4) is 17.3 Å². The van der Waals surface area contributed by atoms with Gasteiger partial charge in [0.15, 0.2) is 5.16 Å². The first-order chi connectivity index (χ1) is 10.3. The van der Waals surface area contributed by atoms with E-state index in [9.17, 15) is 22.1 Å². The summed E-state index contributed by atoms with van der Waals surface area (Å²) in [7, 11) is 0. The van der Waals surface area contributed by atoms with Crippen LogP contribution in [-0.2, 0) is 0 Å². The van der Waals surface area contributed by atoms with Gasteiger partial charge in [-0.15, -0.1) is 0 Å². The molecule has 1 N–H and O–H groups in total. The van der Waals surface area contributed by atoms with Gasteiger partial charge in [-0.05, 0) is 12.3 Å². The fourth-order valence-corrected chi connectivity index (χ4v) is 2.27. The van der Waals surface area contributed by atoms with Crippen LogP contribution < -0.4 is 11.0 Å². The van der Waals surface area contributed by atoms with Crippen LogP contribution in [0.15, 0.2) is 28.2 Å². The molecule has 2 aromatic rings. The maximum absolute atomic E-state index is 14.0. The summed E-state index contributed by atoms with van der Waals surface area (Å²) in [6.45, 7) is -5.54. The van der Waals surface area contributed by atoms with Gasteiger partial charge in [-0.25, -0.2) is 9.37 Å². The highest BCUT2D eigenvalue weighted by Gasteiger charge is 2.32. The van der Waals surface area contributed by atoms with Crippen LogP contribution in [0.1, 0.15) is 5.56 Å². The van der Waals surface area contributed by atoms with E-state index >= 15 is 0 Å². The van der Waals surface area contributed by atoms with Crippen LogP contribution in [0, 0.1) is 17.1 Å². The van der Waals surface area contributed by atoms with Crippen molar-refractivity contribution >= 4 is 24.2 Å². The Bertz CT molecular complexity index is 829. The monoisotopic (exact) mass is 328 g/mol. The van der Waals surface area contributed by atoms with E-state index in [1.54, 1.807) is 0 Å². The lowest BCUT2D eigenvalue weighted by Crippen LogP contribution is -2.36. The number of H-pyrrole nitrogens is 1. The van der Waals surface area contributed by atoms with Gasteiger partial charge in [0.05, 0.1) is 5.69 Å². The number of nitrogens with one attached hydrogen (secondary N) is 1. The number of hydrogen-bond donors (Lipinski definition) is 1. The molecule has 0 spiro atoms. The van der Waals surface area contributed by atoms with Gasteiger partial charge in [0.2, 0.25) is 0 Å². The minimum atomic E-state index is -5.54. The molecule has 0 atom stereocenters. The minimum Gasteiger partial charge on any atom is -0.445 e. The molecule has 4 nitrogen and oxygen atoms in total. The highest BCUT2D eigenvalue weighted by atomic mass is 32.2. The molecule has 0 amide bonds. The van der Waals surface area contributed by atoms with Crippen molar-refractivity contribution in [2.75, 3.05) is 6.26 Å². The fraction of sp³-hybridized carbons (Fsp3) is 0.0833. The molecule has 10 heteroatoms.